The normalized spacial score (nSPS) is 14.6. The second-order valence-corrected chi connectivity index (χ2v) is 18.9. The summed E-state index contributed by atoms with van der Waals surface area (Å²) in [6.07, 6.45) is 8.67. The fraction of sp³-hybridized carbons (Fsp3) is 0.184. The average Bonchev–Trinajstić information content (AvgIpc) is 3.24. The molecule has 0 atom stereocenters. The zero-order valence-corrected chi connectivity index (χ0v) is 32.1. The molecule has 0 spiro atoms. The van der Waals surface area contributed by atoms with E-state index in [9.17, 15) is 0 Å². The molecule has 4 heterocycles. The first-order chi connectivity index (χ1) is 26.7. The van der Waals surface area contributed by atoms with Gasteiger partial charge in [-0.05, 0) is 99.8 Å². The van der Waals surface area contributed by atoms with Gasteiger partial charge in [0.1, 0.15) is 8.07 Å². The van der Waals surface area contributed by atoms with Crippen LogP contribution in [0.15, 0.2) is 164 Å². The standard InChI is InChI=1S/C49H45N3OSi/c1-3-5-32-54(33-6-4-2)46-25-11-7-20-39(46)49(48-27-14-16-31-51-48,40-21-8-12-26-47(40)54)37-28-29-45-43(35-37)52(42-23-9-10-24-44(42)53-45)38-19-17-18-36(34-38)41-22-13-15-30-50-41/h7-31,34-35H,3-6,32-33H2,1-2H3. The summed E-state index contributed by atoms with van der Waals surface area (Å²) >= 11 is 0. The molecule has 5 heteroatoms. The van der Waals surface area contributed by atoms with Gasteiger partial charge in [0.15, 0.2) is 11.5 Å². The van der Waals surface area contributed by atoms with Crippen LogP contribution in [0.25, 0.3) is 11.3 Å². The summed E-state index contributed by atoms with van der Waals surface area (Å²) in [5.74, 6) is 1.65. The topological polar surface area (TPSA) is 38.2 Å². The lowest BCUT2D eigenvalue weighted by atomic mass is 9.66. The minimum atomic E-state index is -2.17. The molecule has 0 unspecified atom stereocenters. The Bertz CT molecular complexity index is 2370. The molecule has 266 valence electrons. The molecule has 0 N–H and O–H groups in total. The van der Waals surface area contributed by atoms with Gasteiger partial charge in [0.25, 0.3) is 0 Å². The van der Waals surface area contributed by atoms with Crippen molar-refractivity contribution >= 4 is 35.5 Å². The lowest BCUT2D eigenvalue weighted by molar-refractivity contribution is 0.476. The Morgan fingerprint density at radius 3 is 1.91 bits per heavy atom. The average molecular weight is 720 g/mol. The van der Waals surface area contributed by atoms with Crippen LogP contribution in [-0.2, 0) is 5.41 Å². The molecule has 5 aromatic carbocycles. The number of ether oxygens (including phenoxy) is 1. The third-order valence-electron chi connectivity index (χ3n) is 11.7. The van der Waals surface area contributed by atoms with E-state index in [0.717, 1.165) is 45.5 Å². The van der Waals surface area contributed by atoms with E-state index in [0.29, 0.717) is 0 Å². The first-order valence-electron chi connectivity index (χ1n) is 19.5. The van der Waals surface area contributed by atoms with E-state index in [1.165, 1.54) is 54.5 Å². The van der Waals surface area contributed by atoms with Crippen molar-refractivity contribution in [1.82, 2.24) is 9.97 Å². The molecule has 0 saturated carbocycles. The van der Waals surface area contributed by atoms with E-state index in [2.05, 4.69) is 151 Å². The number of hydrogen-bond acceptors (Lipinski definition) is 4. The first-order valence-corrected chi connectivity index (χ1v) is 21.9. The molecule has 0 bridgehead atoms. The number of pyridine rings is 2. The number of benzene rings is 5. The molecule has 0 amide bonds. The van der Waals surface area contributed by atoms with Crippen LogP contribution in [0.1, 0.15) is 61.9 Å². The van der Waals surface area contributed by atoms with Gasteiger partial charge in [0, 0.05) is 23.6 Å². The van der Waals surface area contributed by atoms with Gasteiger partial charge in [-0.2, -0.15) is 0 Å². The first kappa shape index (κ1) is 34.0. The number of aromatic nitrogens is 2. The SMILES string of the molecule is CCCC[Si]1(CCCC)c2ccccc2C(c2ccc3c(c2)N(c2cccc(-c4ccccn4)c2)c2ccccc2O3)(c2ccccn2)c2ccccc21. The molecule has 0 aliphatic carbocycles. The lowest BCUT2D eigenvalue weighted by Crippen LogP contribution is -2.66. The molecule has 0 fully saturated rings. The summed E-state index contributed by atoms with van der Waals surface area (Å²) in [4.78, 5) is 12.3. The second kappa shape index (κ2) is 14.2. The largest absolute Gasteiger partial charge is 0.453 e. The summed E-state index contributed by atoms with van der Waals surface area (Å²) in [5.41, 5.74) is 9.40. The molecule has 7 aromatic rings. The van der Waals surface area contributed by atoms with Gasteiger partial charge in [0.05, 0.1) is 28.2 Å². The highest BCUT2D eigenvalue weighted by Gasteiger charge is 2.53. The van der Waals surface area contributed by atoms with Gasteiger partial charge in [-0.25, -0.2) is 0 Å². The summed E-state index contributed by atoms with van der Waals surface area (Å²) in [7, 11) is -2.17. The van der Waals surface area contributed by atoms with Crippen LogP contribution in [0.5, 0.6) is 11.5 Å². The van der Waals surface area contributed by atoms with Crippen molar-refractivity contribution in [2.45, 2.75) is 57.0 Å². The Balaban J connectivity index is 1.33. The number of anilines is 3. The second-order valence-electron chi connectivity index (χ2n) is 14.7. The molecule has 0 radical (unpaired) electrons. The Kier molecular flexibility index (Phi) is 8.96. The van der Waals surface area contributed by atoms with Crippen molar-refractivity contribution in [2.75, 3.05) is 4.90 Å². The number of hydrogen-bond donors (Lipinski definition) is 0. The highest BCUT2D eigenvalue weighted by Crippen LogP contribution is 2.54. The van der Waals surface area contributed by atoms with Crippen LogP contribution >= 0.6 is 0 Å². The number of unbranched alkanes of at least 4 members (excludes halogenated alkanes) is 2. The number of nitrogens with zero attached hydrogens (tertiary/aromatic N) is 3. The lowest BCUT2D eigenvalue weighted by Gasteiger charge is -2.49. The van der Waals surface area contributed by atoms with Crippen LogP contribution in [-0.4, -0.2) is 18.0 Å². The van der Waals surface area contributed by atoms with Gasteiger partial charge >= 0.3 is 0 Å². The number of rotatable bonds is 10. The Hall–Kier alpha value is -5.78. The monoisotopic (exact) mass is 719 g/mol. The molecular formula is C49H45N3OSi. The summed E-state index contributed by atoms with van der Waals surface area (Å²) < 4.78 is 6.72. The van der Waals surface area contributed by atoms with Crippen molar-refractivity contribution in [3.8, 4) is 22.8 Å². The zero-order chi connectivity index (χ0) is 36.5. The minimum absolute atomic E-state index is 0.642. The molecule has 0 saturated heterocycles. The van der Waals surface area contributed by atoms with Crippen LogP contribution in [0.4, 0.5) is 17.1 Å². The zero-order valence-electron chi connectivity index (χ0n) is 31.1. The van der Waals surface area contributed by atoms with E-state index >= 15 is 0 Å². The molecule has 54 heavy (non-hydrogen) atoms. The van der Waals surface area contributed by atoms with Crippen molar-refractivity contribution in [3.63, 3.8) is 0 Å². The van der Waals surface area contributed by atoms with Crippen molar-refractivity contribution in [3.05, 3.63) is 186 Å². The highest BCUT2D eigenvalue weighted by atomic mass is 28.3. The van der Waals surface area contributed by atoms with E-state index in [-0.39, 0.29) is 0 Å². The van der Waals surface area contributed by atoms with Gasteiger partial charge in [-0.3, -0.25) is 9.97 Å². The van der Waals surface area contributed by atoms with Gasteiger partial charge < -0.3 is 9.64 Å². The predicted octanol–water partition coefficient (Wildman–Crippen LogP) is 11.6. The smallest absolute Gasteiger partial charge is 0.151 e. The minimum Gasteiger partial charge on any atom is -0.453 e. The third kappa shape index (κ3) is 5.41. The highest BCUT2D eigenvalue weighted by molar-refractivity contribution is 7.03. The van der Waals surface area contributed by atoms with Gasteiger partial charge in [-0.15, -0.1) is 0 Å². The molecule has 9 rings (SSSR count). The van der Waals surface area contributed by atoms with Crippen LogP contribution < -0.4 is 20.0 Å². The number of para-hydroxylation sites is 2. The summed E-state index contributed by atoms with van der Waals surface area (Å²) in [6, 6.07) is 57.7. The molecule has 2 aliphatic heterocycles. The summed E-state index contributed by atoms with van der Waals surface area (Å²) in [6.45, 7) is 4.68. The maximum Gasteiger partial charge on any atom is 0.151 e. The maximum atomic E-state index is 6.72. The molecule has 2 aromatic heterocycles. The quantitative estimate of drug-likeness (QED) is 0.132. The maximum absolute atomic E-state index is 6.72. The van der Waals surface area contributed by atoms with Gasteiger partial charge in [-0.1, -0.05) is 131 Å². The third-order valence-corrected chi connectivity index (χ3v) is 17.0. The van der Waals surface area contributed by atoms with Crippen LogP contribution in [0.2, 0.25) is 12.1 Å². The predicted molar refractivity (Wildman–Crippen MR) is 225 cm³/mol. The summed E-state index contributed by atoms with van der Waals surface area (Å²) in [5, 5.41) is 3.13. The van der Waals surface area contributed by atoms with Gasteiger partial charge in [0.2, 0.25) is 0 Å². The van der Waals surface area contributed by atoms with Crippen LogP contribution in [0.3, 0.4) is 0 Å². The Morgan fingerprint density at radius 1 is 0.574 bits per heavy atom. The fourth-order valence-corrected chi connectivity index (χ4v) is 15.2. The molecule has 2 aliphatic rings. The van der Waals surface area contributed by atoms with E-state index in [4.69, 9.17) is 9.72 Å². The molecular weight excluding hydrogens is 675 g/mol. The van der Waals surface area contributed by atoms with Crippen molar-refractivity contribution in [2.24, 2.45) is 0 Å². The van der Waals surface area contributed by atoms with E-state index in [1.807, 2.05) is 36.7 Å². The van der Waals surface area contributed by atoms with E-state index in [1.54, 1.807) is 10.4 Å². The van der Waals surface area contributed by atoms with Crippen LogP contribution in [0, 0.1) is 0 Å². The van der Waals surface area contributed by atoms with E-state index < -0.39 is 13.5 Å². The Labute approximate surface area is 320 Å². The molecule has 4 nitrogen and oxygen atoms in total. The number of fused-ring (bicyclic) bond motifs is 4. The Morgan fingerprint density at radius 2 is 1.22 bits per heavy atom. The van der Waals surface area contributed by atoms with Crippen molar-refractivity contribution < 1.29 is 4.74 Å². The van der Waals surface area contributed by atoms with Crippen molar-refractivity contribution in [1.29, 1.82) is 0 Å². The fourth-order valence-electron chi connectivity index (χ4n) is 9.29.